The van der Waals surface area contributed by atoms with Crippen LogP contribution < -0.4 is 0 Å². The average Bonchev–Trinajstić information content (AvgIpc) is 2.99. The first kappa shape index (κ1) is 16.6. The number of hydrogen-bond donors (Lipinski definition) is 2. The summed E-state index contributed by atoms with van der Waals surface area (Å²) >= 11 is 0. The summed E-state index contributed by atoms with van der Waals surface area (Å²) in [5.74, 6) is 0.912. The van der Waals surface area contributed by atoms with Gasteiger partial charge in [0.25, 0.3) is 0 Å². The SMILES string of the molecule is CC1CCN(Cc2ccc(-c3c(O)[nH]c4ccc(C#N)cc34)nc2)CC1. The van der Waals surface area contributed by atoms with Crippen molar-refractivity contribution in [2.24, 2.45) is 5.92 Å². The summed E-state index contributed by atoms with van der Waals surface area (Å²) in [6.45, 7) is 5.52. The second kappa shape index (κ2) is 6.81. The van der Waals surface area contributed by atoms with E-state index in [4.69, 9.17) is 5.26 Å². The highest BCUT2D eigenvalue weighted by Crippen LogP contribution is 2.36. The number of likely N-dealkylation sites (tertiary alicyclic amines) is 1. The molecule has 2 aromatic heterocycles. The van der Waals surface area contributed by atoms with E-state index in [0.29, 0.717) is 16.8 Å². The Kier molecular flexibility index (Phi) is 4.36. The molecule has 0 radical (unpaired) electrons. The second-order valence-electron chi connectivity index (χ2n) is 7.23. The highest BCUT2D eigenvalue weighted by Gasteiger charge is 2.17. The molecule has 1 aliphatic heterocycles. The van der Waals surface area contributed by atoms with Crippen molar-refractivity contribution in [1.29, 1.82) is 5.26 Å². The molecule has 5 nitrogen and oxygen atoms in total. The van der Waals surface area contributed by atoms with Gasteiger partial charge in [0, 0.05) is 23.6 Å². The first-order valence-corrected chi connectivity index (χ1v) is 9.06. The third kappa shape index (κ3) is 3.16. The third-order valence-electron chi connectivity index (χ3n) is 5.27. The van der Waals surface area contributed by atoms with Crippen LogP contribution in [0.5, 0.6) is 5.88 Å². The topological polar surface area (TPSA) is 75.9 Å². The minimum atomic E-state index is 0.0837. The molecule has 1 aromatic carbocycles. The summed E-state index contributed by atoms with van der Waals surface area (Å²) in [6.07, 6.45) is 4.41. The molecule has 3 aromatic rings. The number of piperidine rings is 1. The van der Waals surface area contributed by atoms with E-state index in [2.05, 4.69) is 33.9 Å². The van der Waals surface area contributed by atoms with Crippen molar-refractivity contribution in [2.75, 3.05) is 13.1 Å². The van der Waals surface area contributed by atoms with Crippen molar-refractivity contribution < 1.29 is 5.11 Å². The van der Waals surface area contributed by atoms with Gasteiger partial charge < -0.3 is 10.1 Å². The molecule has 0 amide bonds. The lowest BCUT2D eigenvalue weighted by atomic mass is 9.99. The molecule has 1 saturated heterocycles. The van der Waals surface area contributed by atoms with Gasteiger partial charge in [0.2, 0.25) is 0 Å². The van der Waals surface area contributed by atoms with Gasteiger partial charge in [-0.15, -0.1) is 0 Å². The smallest absolute Gasteiger partial charge is 0.199 e. The maximum atomic E-state index is 10.3. The van der Waals surface area contributed by atoms with Crippen molar-refractivity contribution in [3.05, 3.63) is 47.7 Å². The quantitative estimate of drug-likeness (QED) is 0.750. The molecule has 5 heteroatoms. The molecule has 3 heterocycles. The number of fused-ring (bicyclic) bond motifs is 1. The van der Waals surface area contributed by atoms with Crippen LogP contribution in [0.25, 0.3) is 22.2 Å². The van der Waals surface area contributed by atoms with E-state index < -0.39 is 0 Å². The van der Waals surface area contributed by atoms with Crippen molar-refractivity contribution in [3.8, 4) is 23.2 Å². The maximum Gasteiger partial charge on any atom is 0.199 e. The molecule has 2 N–H and O–H groups in total. The van der Waals surface area contributed by atoms with Gasteiger partial charge in [0.05, 0.1) is 22.9 Å². The minimum absolute atomic E-state index is 0.0837. The molecule has 4 rings (SSSR count). The number of benzene rings is 1. The zero-order valence-corrected chi connectivity index (χ0v) is 14.9. The number of aromatic amines is 1. The van der Waals surface area contributed by atoms with Gasteiger partial charge in [-0.2, -0.15) is 5.26 Å². The van der Waals surface area contributed by atoms with Crippen LogP contribution in [-0.2, 0) is 6.54 Å². The number of rotatable bonds is 3. The normalized spacial score (nSPS) is 16.0. The first-order chi connectivity index (χ1) is 12.6. The van der Waals surface area contributed by atoms with E-state index in [-0.39, 0.29) is 5.88 Å². The van der Waals surface area contributed by atoms with E-state index in [1.807, 2.05) is 18.3 Å². The van der Waals surface area contributed by atoms with Gasteiger partial charge in [-0.1, -0.05) is 13.0 Å². The molecule has 1 aliphatic rings. The second-order valence-corrected chi connectivity index (χ2v) is 7.23. The molecule has 1 fully saturated rings. The average molecular weight is 346 g/mol. The predicted molar refractivity (Wildman–Crippen MR) is 102 cm³/mol. The minimum Gasteiger partial charge on any atom is -0.494 e. The van der Waals surface area contributed by atoms with Crippen LogP contribution in [-0.4, -0.2) is 33.1 Å². The summed E-state index contributed by atoms with van der Waals surface area (Å²) in [4.78, 5) is 10.0. The molecule has 0 unspecified atom stereocenters. The van der Waals surface area contributed by atoms with Crippen LogP contribution in [0.3, 0.4) is 0 Å². The van der Waals surface area contributed by atoms with Crippen LogP contribution >= 0.6 is 0 Å². The lowest BCUT2D eigenvalue weighted by molar-refractivity contribution is 0.185. The number of nitrogens with zero attached hydrogens (tertiary/aromatic N) is 3. The molecular weight excluding hydrogens is 324 g/mol. The summed E-state index contributed by atoms with van der Waals surface area (Å²) in [5, 5.41) is 20.3. The standard InChI is InChI=1S/C21H22N4O/c1-14-6-8-25(9-7-14)13-16-3-5-19(23-12-16)20-17-10-15(11-22)2-4-18(17)24-21(20)26/h2-5,10,12,14,24,26H,6-9,13H2,1H3. The molecule has 0 spiro atoms. The summed E-state index contributed by atoms with van der Waals surface area (Å²) < 4.78 is 0. The van der Waals surface area contributed by atoms with E-state index in [1.165, 1.54) is 18.4 Å². The van der Waals surface area contributed by atoms with E-state index in [1.54, 1.807) is 12.1 Å². The van der Waals surface area contributed by atoms with Crippen molar-refractivity contribution in [1.82, 2.24) is 14.9 Å². The Balaban J connectivity index is 1.60. The third-order valence-corrected chi connectivity index (χ3v) is 5.27. The van der Waals surface area contributed by atoms with Gasteiger partial charge in [-0.25, -0.2) is 0 Å². The zero-order valence-electron chi connectivity index (χ0n) is 14.9. The van der Waals surface area contributed by atoms with Gasteiger partial charge in [-0.3, -0.25) is 9.88 Å². The molecule has 26 heavy (non-hydrogen) atoms. The fourth-order valence-corrected chi connectivity index (χ4v) is 3.65. The molecular formula is C21H22N4O. The van der Waals surface area contributed by atoms with Crippen LogP contribution in [0, 0.1) is 17.2 Å². The summed E-state index contributed by atoms with van der Waals surface area (Å²) in [7, 11) is 0. The molecule has 0 atom stereocenters. The van der Waals surface area contributed by atoms with Gasteiger partial charge in [-0.05, 0) is 61.7 Å². The molecule has 0 saturated carbocycles. The number of aromatic nitrogens is 2. The zero-order chi connectivity index (χ0) is 18.1. The number of H-pyrrole nitrogens is 1. The van der Waals surface area contributed by atoms with E-state index in [9.17, 15) is 5.11 Å². The summed E-state index contributed by atoms with van der Waals surface area (Å²) in [5.41, 5.74) is 3.90. The first-order valence-electron chi connectivity index (χ1n) is 9.06. The number of pyridine rings is 1. The lowest BCUT2D eigenvalue weighted by Gasteiger charge is -2.30. The van der Waals surface area contributed by atoms with Crippen molar-refractivity contribution in [3.63, 3.8) is 0 Å². The molecule has 0 aliphatic carbocycles. The Morgan fingerprint density at radius 3 is 2.77 bits per heavy atom. The van der Waals surface area contributed by atoms with Crippen LogP contribution in [0.15, 0.2) is 36.5 Å². The van der Waals surface area contributed by atoms with Gasteiger partial charge in [0.15, 0.2) is 5.88 Å². The maximum absolute atomic E-state index is 10.3. The summed E-state index contributed by atoms with van der Waals surface area (Å²) in [6, 6.07) is 11.5. The molecule has 0 bridgehead atoms. The van der Waals surface area contributed by atoms with Gasteiger partial charge in [0.1, 0.15) is 0 Å². The fraction of sp³-hybridized carbons (Fsp3) is 0.333. The Morgan fingerprint density at radius 2 is 2.08 bits per heavy atom. The monoisotopic (exact) mass is 346 g/mol. The number of hydrogen-bond acceptors (Lipinski definition) is 4. The largest absolute Gasteiger partial charge is 0.494 e. The van der Waals surface area contributed by atoms with Crippen LogP contribution in [0.1, 0.15) is 30.9 Å². The Morgan fingerprint density at radius 1 is 1.27 bits per heavy atom. The van der Waals surface area contributed by atoms with Crippen molar-refractivity contribution >= 4 is 10.9 Å². The predicted octanol–water partition coefficient (Wildman–Crippen LogP) is 4.04. The Bertz CT molecular complexity index is 960. The lowest BCUT2D eigenvalue weighted by Crippen LogP contribution is -2.32. The Hall–Kier alpha value is -2.84. The Labute approximate surface area is 152 Å². The highest BCUT2D eigenvalue weighted by atomic mass is 16.3. The number of nitriles is 1. The van der Waals surface area contributed by atoms with Crippen LogP contribution in [0.4, 0.5) is 0 Å². The molecule has 132 valence electrons. The fourth-order valence-electron chi connectivity index (χ4n) is 3.65. The van der Waals surface area contributed by atoms with E-state index >= 15 is 0 Å². The van der Waals surface area contributed by atoms with Crippen LogP contribution in [0.2, 0.25) is 0 Å². The number of aromatic hydroxyl groups is 1. The van der Waals surface area contributed by atoms with Gasteiger partial charge >= 0.3 is 0 Å². The van der Waals surface area contributed by atoms with E-state index in [0.717, 1.165) is 36.5 Å². The van der Waals surface area contributed by atoms with Crippen molar-refractivity contribution in [2.45, 2.75) is 26.3 Å². The number of nitrogens with one attached hydrogen (secondary N) is 1. The highest BCUT2D eigenvalue weighted by molar-refractivity contribution is 5.98.